The second kappa shape index (κ2) is 4.73. The third-order valence-electron chi connectivity index (χ3n) is 2.43. The average Bonchev–Trinajstić information content (AvgIpc) is 2.75. The van der Waals surface area contributed by atoms with Crippen LogP contribution in [0, 0.1) is 0 Å². The topological polar surface area (TPSA) is 118 Å². The molecule has 0 atom stereocenters. The predicted octanol–water partition coefficient (Wildman–Crippen LogP) is 0.648. The molecule has 0 radical (unpaired) electrons. The van der Waals surface area contributed by atoms with Gasteiger partial charge in [0.05, 0.1) is 11.1 Å². The van der Waals surface area contributed by atoms with Crippen LogP contribution in [0.5, 0.6) is 0 Å². The second-order valence-corrected chi connectivity index (χ2v) is 5.97. The Morgan fingerprint density at radius 2 is 2.16 bits per heavy atom. The number of rotatable bonds is 3. The third-order valence-corrected chi connectivity index (χ3v) is 3.54. The van der Waals surface area contributed by atoms with Crippen LogP contribution in [-0.2, 0) is 9.84 Å². The van der Waals surface area contributed by atoms with Crippen molar-refractivity contribution in [1.82, 2.24) is 10.2 Å². The quantitative estimate of drug-likeness (QED) is 0.762. The van der Waals surface area contributed by atoms with Crippen LogP contribution < -0.4 is 11.1 Å². The molecule has 1 heterocycles. The molecule has 7 nitrogen and oxygen atoms in total. The van der Waals surface area contributed by atoms with E-state index in [9.17, 15) is 13.2 Å². The Labute approximate surface area is 109 Å². The lowest BCUT2D eigenvalue weighted by Gasteiger charge is -2.06. The highest BCUT2D eigenvalue weighted by Gasteiger charge is 2.13. The fourth-order valence-corrected chi connectivity index (χ4v) is 2.15. The van der Waals surface area contributed by atoms with Gasteiger partial charge in [-0.2, -0.15) is 5.10 Å². The zero-order valence-corrected chi connectivity index (χ0v) is 10.9. The molecule has 1 amide bonds. The molecule has 100 valence electrons. The van der Waals surface area contributed by atoms with Gasteiger partial charge in [-0.05, 0) is 18.2 Å². The Balaban J connectivity index is 2.25. The minimum Gasteiger partial charge on any atom is -0.383 e. The molecule has 2 rings (SSSR count). The van der Waals surface area contributed by atoms with Gasteiger partial charge < -0.3 is 11.1 Å². The Kier molecular flexibility index (Phi) is 3.26. The average molecular weight is 280 g/mol. The summed E-state index contributed by atoms with van der Waals surface area (Å²) in [5, 5.41) is 8.63. The van der Waals surface area contributed by atoms with Crippen molar-refractivity contribution in [2.45, 2.75) is 4.90 Å². The highest BCUT2D eigenvalue weighted by Crippen LogP contribution is 2.17. The molecule has 4 N–H and O–H groups in total. The number of aromatic amines is 1. The summed E-state index contributed by atoms with van der Waals surface area (Å²) in [7, 11) is -3.32. The molecule has 0 spiro atoms. The monoisotopic (exact) mass is 280 g/mol. The van der Waals surface area contributed by atoms with Crippen LogP contribution in [0.25, 0.3) is 0 Å². The van der Waals surface area contributed by atoms with Crippen LogP contribution in [0.4, 0.5) is 11.5 Å². The van der Waals surface area contributed by atoms with E-state index in [1.165, 1.54) is 18.3 Å². The fraction of sp³-hybridized carbons (Fsp3) is 0.0909. The van der Waals surface area contributed by atoms with Crippen LogP contribution in [0.15, 0.2) is 35.4 Å². The minimum atomic E-state index is -3.32. The number of amides is 1. The zero-order valence-electron chi connectivity index (χ0n) is 10.0. The minimum absolute atomic E-state index is 0.130. The lowest BCUT2D eigenvalue weighted by Crippen LogP contribution is -2.13. The number of benzene rings is 1. The highest BCUT2D eigenvalue weighted by molar-refractivity contribution is 7.90. The standard InChI is InChI=1S/C11H12N4O3S/c1-19(17,18)8-4-2-3-7(5-8)14-11(16)9-6-13-15-10(9)12/h2-6H,1H3,(H,14,16)(H3,12,13,15). The number of nitrogens with zero attached hydrogens (tertiary/aromatic N) is 1. The number of hydrogen-bond donors (Lipinski definition) is 3. The lowest BCUT2D eigenvalue weighted by atomic mass is 10.2. The summed E-state index contributed by atoms with van der Waals surface area (Å²) in [6.45, 7) is 0. The number of carbonyl (C=O) groups excluding carboxylic acids is 1. The van der Waals surface area contributed by atoms with Gasteiger partial charge in [-0.15, -0.1) is 0 Å². The van der Waals surface area contributed by atoms with E-state index in [0.29, 0.717) is 5.69 Å². The lowest BCUT2D eigenvalue weighted by molar-refractivity contribution is 0.102. The first kappa shape index (κ1) is 13.1. The maximum atomic E-state index is 11.9. The molecule has 0 saturated carbocycles. The molecule has 2 aromatic rings. The van der Waals surface area contributed by atoms with Crippen LogP contribution in [0.3, 0.4) is 0 Å². The molecular formula is C11H12N4O3S. The normalized spacial score (nSPS) is 11.2. The Hall–Kier alpha value is -2.35. The second-order valence-electron chi connectivity index (χ2n) is 3.95. The number of anilines is 2. The number of nitrogens with one attached hydrogen (secondary N) is 2. The predicted molar refractivity (Wildman–Crippen MR) is 70.5 cm³/mol. The number of carbonyl (C=O) groups is 1. The number of H-pyrrole nitrogens is 1. The van der Waals surface area contributed by atoms with E-state index in [-0.39, 0.29) is 16.3 Å². The Morgan fingerprint density at radius 3 is 2.74 bits per heavy atom. The van der Waals surface area contributed by atoms with E-state index in [2.05, 4.69) is 15.5 Å². The van der Waals surface area contributed by atoms with E-state index in [4.69, 9.17) is 5.73 Å². The van der Waals surface area contributed by atoms with Gasteiger partial charge in [0.15, 0.2) is 9.84 Å². The molecule has 0 bridgehead atoms. The van der Waals surface area contributed by atoms with Crippen LogP contribution in [0.1, 0.15) is 10.4 Å². The maximum absolute atomic E-state index is 11.9. The van der Waals surface area contributed by atoms with E-state index in [1.54, 1.807) is 12.1 Å². The van der Waals surface area contributed by atoms with Crippen LogP contribution in [0.2, 0.25) is 0 Å². The largest absolute Gasteiger partial charge is 0.383 e. The van der Waals surface area contributed by atoms with Gasteiger partial charge in [-0.1, -0.05) is 6.07 Å². The van der Waals surface area contributed by atoms with Crippen molar-refractivity contribution in [3.63, 3.8) is 0 Å². The molecule has 19 heavy (non-hydrogen) atoms. The van der Waals surface area contributed by atoms with Crippen molar-refractivity contribution in [3.8, 4) is 0 Å². The first-order valence-electron chi connectivity index (χ1n) is 5.28. The third kappa shape index (κ3) is 2.91. The molecule has 0 saturated heterocycles. The molecule has 0 unspecified atom stereocenters. The van der Waals surface area contributed by atoms with E-state index in [0.717, 1.165) is 6.26 Å². The molecule has 8 heteroatoms. The van der Waals surface area contributed by atoms with Crippen molar-refractivity contribution in [3.05, 3.63) is 36.0 Å². The summed E-state index contributed by atoms with van der Waals surface area (Å²) in [6, 6.07) is 5.97. The highest BCUT2D eigenvalue weighted by atomic mass is 32.2. The van der Waals surface area contributed by atoms with Crippen LogP contribution in [-0.4, -0.2) is 30.8 Å². The van der Waals surface area contributed by atoms with E-state index < -0.39 is 15.7 Å². The van der Waals surface area contributed by atoms with Crippen molar-refractivity contribution in [1.29, 1.82) is 0 Å². The molecule has 0 aliphatic rings. The van der Waals surface area contributed by atoms with Gasteiger partial charge in [0.2, 0.25) is 0 Å². The van der Waals surface area contributed by atoms with Gasteiger partial charge in [0.25, 0.3) is 5.91 Å². The Morgan fingerprint density at radius 1 is 1.42 bits per heavy atom. The Bertz CT molecular complexity index is 721. The summed E-state index contributed by atoms with van der Waals surface area (Å²) in [5.41, 5.74) is 6.09. The number of nitrogen functional groups attached to an aromatic ring is 1. The number of sulfone groups is 1. The maximum Gasteiger partial charge on any atom is 0.261 e. The van der Waals surface area contributed by atoms with E-state index >= 15 is 0 Å². The van der Waals surface area contributed by atoms with Gasteiger partial charge in [0.1, 0.15) is 11.4 Å². The molecule has 0 aliphatic heterocycles. The zero-order chi connectivity index (χ0) is 14.0. The number of hydrogen-bond acceptors (Lipinski definition) is 5. The molecule has 0 fully saturated rings. The summed E-state index contributed by atoms with van der Waals surface area (Å²) in [5.74, 6) is -0.311. The van der Waals surface area contributed by atoms with Gasteiger partial charge in [-0.3, -0.25) is 9.89 Å². The van der Waals surface area contributed by atoms with Crippen molar-refractivity contribution >= 4 is 27.2 Å². The molecule has 1 aromatic heterocycles. The first-order chi connectivity index (χ1) is 8.88. The molecular weight excluding hydrogens is 268 g/mol. The summed E-state index contributed by atoms with van der Waals surface area (Å²) in [6.07, 6.45) is 2.40. The van der Waals surface area contributed by atoms with Crippen molar-refractivity contribution in [2.24, 2.45) is 0 Å². The number of aromatic nitrogens is 2. The first-order valence-corrected chi connectivity index (χ1v) is 7.17. The summed E-state index contributed by atoms with van der Waals surface area (Å²) < 4.78 is 22.8. The van der Waals surface area contributed by atoms with Crippen LogP contribution >= 0.6 is 0 Å². The van der Waals surface area contributed by atoms with Gasteiger partial charge in [-0.25, -0.2) is 8.42 Å². The van der Waals surface area contributed by atoms with Crippen molar-refractivity contribution in [2.75, 3.05) is 17.3 Å². The molecule has 1 aromatic carbocycles. The van der Waals surface area contributed by atoms with Gasteiger partial charge >= 0.3 is 0 Å². The van der Waals surface area contributed by atoms with Crippen molar-refractivity contribution < 1.29 is 13.2 Å². The smallest absolute Gasteiger partial charge is 0.261 e. The summed E-state index contributed by atoms with van der Waals surface area (Å²) >= 11 is 0. The number of nitrogens with two attached hydrogens (primary N) is 1. The van der Waals surface area contributed by atoms with Gasteiger partial charge in [0, 0.05) is 11.9 Å². The van der Waals surface area contributed by atoms with E-state index in [1.807, 2.05) is 0 Å². The fourth-order valence-electron chi connectivity index (χ4n) is 1.48. The SMILES string of the molecule is CS(=O)(=O)c1cccc(NC(=O)c2cn[nH]c2N)c1. The summed E-state index contributed by atoms with van der Waals surface area (Å²) in [4.78, 5) is 12.0. The molecule has 0 aliphatic carbocycles.